The Morgan fingerprint density at radius 1 is 1.44 bits per heavy atom. The third kappa shape index (κ3) is 4.84. The van der Waals surface area contributed by atoms with Crippen molar-refractivity contribution in [2.24, 2.45) is 11.8 Å². The first kappa shape index (κ1) is 13.3. The molecule has 2 atom stereocenters. The minimum atomic E-state index is 0.331. The molecule has 16 heavy (non-hydrogen) atoms. The van der Waals surface area contributed by atoms with Crippen LogP contribution in [0.25, 0.3) is 0 Å². The van der Waals surface area contributed by atoms with Crippen molar-refractivity contribution in [2.45, 2.75) is 40.2 Å². The average Bonchev–Trinajstić information content (AvgIpc) is 3.06. The first-order valence-corrected chi connectivity index (χ1v) is 6.26. The number of epoxide rings is 1. The normalized spacial score (nSPS) is 22.8. The van der Waals surface area contributed by atoms with Crippen LogP contribution >= 0.6 is 0 Å². The van der Waals surface area contributed by atoms with Gasteiger partial charge in [-0.25, -0.2) is 0 Å². The molecule has 1 aliphatic heterocycles. The van der Waals surface area contributed by atoms with Gasteiger partial charge in [0.1, 0.15) is 12.7 Å². The zero-order chi connectivity index (χ0) is 12.0. The number of ether oxygens (including phenoxy) is 2. The van der Waals surface area contributed by atoms with Gasteiger partial charge >= 0.3 is 0 Å². The van der Waals surface area contributed by atoms with E-state index >= 15 is 0 Å². The Bertz CT molecular complexity index is 249. The molecule has 1 fully saturated rings. The molecule has 0 spiro atoms. The minimum Gasteiger partial charge on any atom is -0.495 e. The fourth-order valence-electron chi connectivity index (χ4n) is 1.31. The van der Waals surface area contributed by atoms with Gasteiger partial charge in [-0.05, 0) is 18.4 Å². The third-order valence-corrected chi connectivity index (χ3v) is 2.92. The van der Waals surface area contributed by atoms with Gasteiger partial charge in [0.25, 0.3) is 0 Å². The molecule has 1 heterocycles. The number of hydrogen-bond acceptors (Lipinski definition) is 2. The summed E-state index contributed by atoms with van der Waals surface area (Å²) < 4.78 is 11.0. The van der Waals surface area contributed by atoms with Gasteiger partial charge in [0.05, 0.1) is 12.4 Å². The zero-order valence-electron chi connectivity index (χ0n) is 10.9. The Morgan fingerprint density at radius 2 is 2.12 bits per heavy atom. The number of rotatable bonds is 7. The van der Waals surface area contributed by atoms with Crippen molar-refractivity contribution in [3.8, 4) is 0 Å². The van der Waals surface area contributed by atoms with E-state index in [-0.39, 0.29) is 0 Å². The molecule has 0 N–H and O–H groups in total. The molecule has 0 saturated carbocycles. The summed E-state index contributed by atoms with van der Waals surface area (Å²) in [7, 11) is 0. The summed E-state index contributed by atoms with van der Waals surface area (Å²) in [6.45, 7) is 10.3. The van der Waals surface area contributed by atoms with Crippen LogP contribution in [0.4, 0.5) is 0 Å². The lowest BCUT2D eigenvalue weighted by molar-refractivity contribution is 0.146. The van der Waals surface area contributed by atoms with E-state index in [1.807, 2.05) is 0 Å². The monoisotopic (exact) mass is 224 g/mol. The SMILES string of the molecule is CC/C=C\C=C(\OCC1CO1)C(C)C(C)C. The van der Waals surface area contributed by atoms with Crippen LogP contribution in [0.1, 0.15) is 34.1 Å². The number of hydrogen-bond donors (Lipinski definition) is 0. The van der Waals surface area contributed by atoms with Gasteiger partial charge in [-0.3, -0.25) is 0 Å². The first-order valence-electron chi connectivity index (χ1n) is 6.26. The molecule has 92 valence electrons. The molecule has 0 bridgehead atoms. The summed E-state index contributed by atoms with van der Waals surface area (Å²) in [6.07, 6.45) is 7.71. The molecule has 1 saturated heterocycles. The van der Waals surface area contributed by atoms with Crippen molar-refractivity contribution in [2.75, 3.05) is 13.2 Å². The fourth-order valence-corrected chi connectivity index (χ4v) is 1.31. The van der Waals surface area contributed by atoms with Crippen LogP contribution < -0.4 is 0 Å². The highest BCUT2D eigenvalue weighted by Gasteiger charge is 2.24. The summed E-state index contributed by atoms with van der Waals surface area (Å²) in [5, 5.41) is 0. The van der Waals surface area contributed by atoms with Crippen LogP contribution in [-0.2, 0) is 9.47 Å². The van der Waals surface area contributed by atoms with Gasteiger partial charge in [-0.1, -0.05) is 39.8 Å². The molecule has 2 nitrogen and oxygen atoms in total. The maximum absolute atomic E-state index is 5.82. The van der Waals surface area contributed by atoms with Crippen LogP contribution in [0.3, 0.4) is 0 Å². The van der Waals surface area contributed by atoms with E-state index in [0.29, 0.717) is 24.5 Å². The highest BCUT2D eigenvalue weighted by Crippen LogP contribution is 2.22. The Hall–Kier alpha value is -0.760. The number of allylic oxidation sites excluding steroid dienone is 4. The molecule has 0 aromatic rings. The van der Waals surface area contributed by atoms with Crippen molar-refractivity contribution < 1.29 is 9.47 Å². The molecular weight excluding hydrogens is 200 g/mol. The predicted octanol–water partition coefficient (Wildman–Crippen LogP) is 3.54. The summed E-state index contributed by atoms with van der Waals surface area (Å²) in [6, 6.07) is 0. The molecule has 1 aliphatic rings. The Kier molecular flexibility index (Phi) is 5.61. The lowest BCUT2D eigenvalue weighted by Gasteiger charge is -2.19. The quantitative estimate of drug-likeness (QED) is 0.375. The second-order valence-corrected chi connectivity index (χ2v) is 4.70. The molecular formula is C14H24O2. The van der Waals surface area contributed by atoms with Crippen molar-refractivity contribution >= 4 is 0 Å². The highest BCUT2D eigenvalue weighted by atomic mass is 16.6. The van der Waals surface area contributed by atoms with E-state index in [4.69, 9.17) is 9.47 Å². The van der Waals surface area contributed by atoms with Gasteiger partial charge in [0.15, 0.2) is 0 Å². The predicted molar refractivity (Wildman–Crippen MR) is 67.2 cm³/mol. The van der Waals surface area contributed by atoms with E-state index in [1.165, 1.54) is 0 Å². The lowest BCUT2D eigenvalue weighted by Crippen LogP contribution is -2.12. The Morgan fingerprint density at radius 3 is 2.62 bits per heavy atom. The molecule has 0 radical (unpaired) electrons. The van der Waals surface area contributed by atoms with Crippen molar-refractivity contribution in [1.82, 2.24) is 0 Å². The van der Waals surface area contributed by atoms with Crippen molar-refractivity contribution in [1.29, 1.82) is 0 Å². The standard InChI is InChI=1S/C14H24O2/c1-5-6-7-8-14(12(4)11(2)3)16-10-13-9-15-13/h6-8,11-13H,5,9-10H2,1-4H3/b7-6-,14-8+. The fraction of sp³-hybridized carbons (Fsp3) is 0.714. The second-order valence-electron chi connectivity index (χ2n) is 4.70. The van der Waals surface area contributed by atoms with Crippen molar-refractivity contribution in [3.63, 3.8) is 0 Å². The molecule has 1 rings (SSSR count). The minimum absolute atomic E-state index is 0.331. The van der Waals surface area contributed by atoms with Gasteiger partial charge in [-0.15, -0.1) is 0 Å². The van der Waals surface area contributed by atoms with Crippen LogP contribution in [0, 0.1) is 11.8 Å². The summed E-state index contributed by atoms with van der Waals surface area (Å²) in [4.78, 5) is 0. The van der Waals surface area contributed by atoms with Gasteiger partial charge in [0, 0.05) is 5.92 Å². The summed E-state index contributed by atoms with van der Waals surface area (Å²) in [5.41, 5.74) is 0. The van der Waals surface area contributed by atoms with Gasteiger partial charge in [0.2, 0.25) is 0 Å². The van der Waals surface area contributed by atoms with Crippen molar-refractivity contribution in [3.05, 3.63) is 24.0 Å². The van der Waals surface area contributed by atoms with E-state index in [9.17, 15) is 0 Å². The summed E-state index contributed by atoms with van der Waals surface area (Å²) in [5.74, 6) is 2.14. The van der Waals surface area contributed by atoms with Crippen LogP contribution in [-0.4, -0.2) is 19.3 Å². The van der Waals surface area contributed by atoms with Crippen LogP contribution in [0.5, 0.6) is 0 Å². The molecule has 2 unspecified atom stereocenters. The topological polar surface area (TPSA) is 21.8 Å². The maximum Gasteiger partial charge on any atom is 0.116 e. The third-order valence-electron chi connectivity index (χ3n) is 2.92. The molecule has 0 aliphatic carbocycles. The molecule has 0 aromatic carbocycles. The highest BCUT2D eigenvalue weighted by molar-refractivity contribution is 5.10. The average molecular weight is 224 g/mol. The van der Waals surface area contributed by atoms with Crippen LogP contribution in [0.15, 0.2) is 24.0 Å². The van der Waals surface area contributed by atoms with Gasteiger partial charge < -0.3 is 9.47 Å². The van der Waals surface area contributed by atoms with E-state index in [0.717, 1.165) is 18.8 Å². The largest absolute Gasteiger partial charge is 0.495 e. The van der Waals surface area contributed by atoms with Gasteiger partial charge in [-0.2, -0.15) is 0 Å². The van der Waals surface area contributed by atoms with Crippen LogP contribution in [0.2, 0.25) is 0 Å². The van der Waals surface area contributed by atoms with E-state index in [2.05, 4.69) is 45.9 Å². The Balaban J connectivity index is 2.51. The smallest absolute Gasteiger partial charge is 0.116 e. The molecule has 0 amide bonds. The molecule has 2 heteroatoms. The van der Waals surface area contributed by atoms with E-state index < -0.39 is 0 Å². The maximum atomic E-state index is 5.82. The Labute approximate surface area is 99.3 Å². The molecule has 0 aromatic heterocycles. The zero-order valence-corrected chi connectivity index (χ0v) is 10.9. The van der Waals surface area contributed by atoms with E-state index in [1.54, 1.807) is 0 Å². The lowest BCUT2D eigenvalue weighted by atomic mass is 9.95. The second kappa shape index (κ2) is 6.74. The first-order chi connectivity index (χ1) is 7.65. The summed E-state index contributed by atoms with van der Waals surface area (Å²) >= 11 is 0.